The number of nitrogen functional groups attached to an aromatic ring is 1. The number of carboxylic acids is 2. The maximum Gasteiger partial charge on any atom is 0.339 e. The van der Waals surface area contributed by atoms with Gasteiger partial charge in [-0.1, -0.05) is 12.1 Å². The summed E-state index contributed by atoms with van der Waals surface area (Å²) in [6.45, 7) is 0. The van der Waals surface area contributed by atoms with E-state index in [4.69, 9.17) is 15.2 Å². The summed E-state index contributed by atoms with van der Waals surface area (Å²) in [7, 11) is -2.38. The number of nitrogens with two attached hydrogens (primary N) is 1. The molecule has 0 saturated heterocycles. The predicted molar refractivity (Wildman–Crippen MR) is 212 cm³/mol. The molecule has 0 spiro atoms. The molecule has 0 aliphatic rings. The van der Waals surface area contributed by atoms with E-state index in [1.807, 2.05) is 0 Å². The molecular weight excluding hydrogens is 809 g/mol. The third kappa shape index (κ3) is 8.48. The average Bonchev–Trinajstić information content (AvgIpc) is 3.21. The Hall–Kier alpha value is -8.37. The number of ether oxygens (including phenoxy) is 2. The maximum atomic E-state index is 12.7. The molecule has 60 heavy (non-hydrogen) atoms. The van der Waals surface area contributed by atoms with Crippen LogP contribution in [0.2, 0.25) is 0 Å². The lowest BCUT2D eigenvalue weighted by molar-refractivity contribution is -0.384. The number of hydrogen-bond acceptors (Lipinski definition) is 17. The lowest BCUT2D eigenvalue weighted by atomic mass is 10.0. The number of carbonyl (C=O) groups is 2. The van der Waals surface area contributed by atoms with E-state index in [0.717, 1.165) is 30.3 Å². The van der Waals surface area contributed by atoms with Crippen molar-refractivity contribution in [3.63, 3.8) is 0 Å². The highest BCUT2D eigenvalue weighted by atomic mass is 32.2. The Morgan fingerprint density at radius 1 is 0.667 bits per heavy atom. The van der Waals surface area contributed by atoms with Crippen LogP contribution in [0.1, 0.15) is 20.7 Å². The highest BCUT2D eigenvalue weighted by Crippen LogP contribution is 2.47. The quantitative estimate of drug-likeness (QED) is 0.0207. The van der Waals surface area contributed by atoms with Crippen molar-refractivity contribution in [3.8, 4) is 34.1 Å². The van der Waals surface area contributed by atoms with E-state index >= 15 is 0 Å². The first kappa shape index (κ1) is 41.3. The van der Waals surface area contributed by atoms with E-state index in [2.05, 4.69) is 30.7 Å². The number of phenols is 2. The summed E-state index contributed by atoms with van der Waals surface area (Å²) in [5.74, 6) is -3.63. The van der Waals surface area contributed by atoms with Gasteiger partial charge >= 0.3 is 11.9 Å². The molecule has 0 bridgehead atoms. The van der Waals surface area contributed by atoms with Crippen molar-refractivity contribution in [3.05, 3.63) is 112 Å². The number of hydrogen-bond donors (Lipinski definition) is 6. The SMILES string of the molecule is COc1cc(-c2ccc(N=Nc3c(S(=O)(=O)O)cc4c(N=Nc5ccc([N+](=O)[O-])cc5C(=O)O)c(N)ccc4c3O)c(OC)c2)ccc1N=Nc1ccc(O)c(C(=O)O)c1. The zero-order chi connectivity index (χ0) is 43.5. The lowest BCUT2D eigenvalue weighted by Crippen LogP contribution is -2.00. The fourth-order valence-electron chi connectivity index (χ4n) is 5.68. The Morgan fingerprint density at radius 2 is 1.23 bits per heavy atom. The van der Waals surface area contributed by atoms with Crippen molar-refractivity contribution in [2.24, 2.45) is 30.7 Å². The smallest absolute Gasteiger partial charge is 0.339 e. The molecule has 21 nitrogen and oxygen atoms in total. The third-order valence-corrected chi connectivity index (χ3v) is 9.49. The van der Waals surface area contributed by atoms with E-state index in [0.29, 0.717) is 22.6 Å². The first-order valence-electron chi connectivity index (χ1n) is 16.8. The van der Waals surface area contributed by atoms with Crippen LogP contribution in [-0.2, 0) is 10.1 Å². The van der Waals surface area contributed by atoms with Gasteiger partial charge in [0.05, 0.1) is 36.1 Å². The van der Waals surface area contributed by atoms with Crippen LogP contribution in [0, 0.1) is 10.1 Å². The minimum atomic E-state index is -5.13. The monoisotopic (exact) mass is 836 g/mol. The number of nitro benzene ring substituents is 1. The van der Waals surface area contributed by atoms with E-state index in [1.54, 1.807) is 30.3 Å². The third-order valence-electron chi connectivity index (χ3n) is 8.63. The predicted octanol–water partition coefficient (Wildman–Crippen LogP) is 9.31. The summed E-state index contributed by atoms with van der Waals surface area (Å²) in [4.78, 5) is 32.6. The first-order chi connectivity index (χ1) is 28.5. The van der Waals surface area contributed by atoms with E-state index in [1.165, 1.54) is 44.6 Å². The Labute approximate surface area is 336 Å². The van der Waals surface area contributed by atoms with Gasteiger partial charge in [-0.2, -0.15) is 13.5 Å². The van der Waals surface area contributed by atoms with Crippen molar-refractivity contribution in [2.45, 2.75) is 4.90 Å². The number of phenolic OH excluding ortho intramolecular Hbond substituents is 1. The molecule has 0 fully saturated rings. The van der Waals surface area contributed by atoms with E-state index < -0.39 is 60.3 Å². The lowest BCUT2D eigenvalue weighted by Gasteiger charge is -2.12. The number of anilines is 1. The molecule has 6 aromatic carbocycles. The molecule has 0 heterocycles. The largest absolute Gasteiger partial charge is 0.507 e. The molecule has 22 heteroatoms. The van der Waals surface area contributed by atoms with Crippen molar-refractivity contribution < 1.29 is 57.4 Å². The van der Waals surface area contributed by atoms with Crippen LogP contribution in [0.15, 0.2) is 127 Å². The van der Waals surface area contributed by atoms with Crippen LogP contribution >= 0.6 is 0 Å². The summed E-state index contributed by atoms with van der Waals surface area (Å²) in [6, 6.07) is 19.7. The molecule has 0 aliphatic heterocycles. The molecule has 7 N–H and O–H groups in total. The summed E-state index contributed by atoms with van der Waals surface area (Å²) < 4.78 is 46.6. The van der Waals surface area contributed by atoms with Gasteiger partial charge in [0, 0.05) is 22.9 Å². The summed E-state index contributed by atoms with van der Waals surface area (Å²) >= 11 is 0. The van der Waals surface area contributed by atoms with Gasteiger partial charge in [0.15, 0.2) is 5.75 Å². The number of methoxy groups -OCH3 is 2. The molecule has 6 rings (SSSR count). The van der Waals surface area contributed by atoms with Gasteiger partial charge in [0.1, 0.15) is 56.1 Å². The fourth-order valence-corrected chi connectivity index (χ4v) is 6.33. The molecule has 304 valence electrons. The van der Waals surface area contributed by atoms with Crippen molar-refractivity contribution in [1.82, 2.24) is 0 Å². The second-order valence-corrected chi connectivity index (χ2v) is 13.7. The number of azo groups is 3. The van der Waals surface area contributed by atoms with Crippen molar-refractivity contribution in [2.75, 3.05) is 20.0 Å². The molecule has 0 unspecified atom stereocenters. The summed E-state index contributed by atoms with van der Waals surface area (Å²) in [5.41, 5.74) is 5.08. The van der Waals surface area contributed by atoms with Crippen LogP contribution in [0.25, 0.3) is 21.9 Å². The first-order valence-corrected chi connectivity index (χ1v) is 18.2. The minimum Gasteiger partial charge on any atom is -0.507 e. The topological polar surface area (TPSA) is 331 Å². The Kier molecular flexibility index (Phi) is 11.4. The van der Waals surface area contributed by atoms with Crippen LogP contribution in [-0.4, -0.2) is 64.5 Å². The number of aromatic hydroxyl groups is 2. The zero-order valence-electron chi connectivity index (χ0n) is 30.8. The number of nitro groups is 1. The van der Waals surface area contributed by atoms with Crippen LogP contribution in [0.5, 0.6) is 23.0 Å². The summed E-state index contributed by atoms with van der Waals surface area (Å²) in [5, 5.41) is 75.0. The number of nitrogens with zero attached hydrogens (tertiary/aromatic N) is 7. The van der Waals surface area contributed by atoms with Gasteiger partial charge in [0.25, 0.3) is 15.8 Å². The van der Waals surface area contributed by atoms with Crippen LogP contribution in [0.4, 0.5) is 45.5 Å². The Balaban J connectivity index is 1.35. The van der Waals surface area contributed by atoms with E-state index in [-0.39, 0.29) is 50.5 Å². The number of non-ortho nitro benzene ring substituents is 1. The average molecular weight is 837 g/mol. The molecule has 6 aromatic rings. The zero-order valence-corrected chi connectivity index (χ0v) is 31.6. The van der Waals surface area contributed by atoms with Gasteiger partial charge < -0.3 is 35.6 Å². The molecule has 0 atom stereocenters. The Bertz CT molecular complexity index is 2970. The van der Waals surface area contributed by atoms with Crippen LogP contribution in [0.3, 0.4) is 0 Å². The second-order valence-electron chi connectivity index (χ2n) is 12.3. The number of fused-ring (bicyclic) bond motifs is 1. The second kappa shape index (κ2) is 16.6. The van der Waals surface area contributed by atoms with Gasteiger partial charge in [0.2, 0.25) is 0 Å². The molecule has 0 saturated carbocycles. The van der Waals surface area contributed by atoms with Gasteiger partial charge in [-0.15, -0.1) is 25.6 Å². The van der Waals surface area contributed by atoms with E-state index in [9.17, 15) is 53.1 Å². The number of carboxylic acid groups (broad SMARTS) is 2. The normalized spacial score (nSPS) is 11.8. The molecule has 0 aromatic heterocycles. The molecule has 0 aliphatic carbocycles. The highest BCUT2D eigenvalue weighted by molar-refractivity contribution is 7.86. The number of aromatic carboxylic acids is 2. The number of rotatable bonds is 13. The minimum absolute atomic E-state index is 0.0678. The Morgan fingerprint density at radius 3 is 1.80 bits per heavy atom. The standard InChI is InChI=1S/C38H28N8O13S/c1-58-31-13-18(3-9-28(31)42-40-20-5-12-30(47)25(15-20)38(51)52)19-4-10-29(32(14-19)59-2)43-45-35-33(60(55,56)57)17-23-22(36(35)48)7-8-26(39)34(23)44-41-27-11-6-21(46(53)54)16-24(27)37(49)50/h3-17,47-48H,39H2,1-2H3,(H,49,50)(H,51,52)(H,55,56,57). The molecule has 0 radical (unpaired) electrons. The number of benzene rings is 6. The molecule has 0 amide bonds. The van der Waals surface area contributed by atoms with Crippen molar-refractivity contribution in [1.29, 1.82) is 0 Å². The highest BCUT2D eigenvalue weighted by Gasteiger charge is 2.25. The van der Waals surface area contributed by atoms with Gasteiger partial charge in [-0.25, -0.2) is 9.59 Å². The van der Waals surface area contributed by atoms with Crippen molar-refractivity contribution >= 4 is 78.3 Å². The van der Waals surface area contributed by atoms with Gasteiger partial charge in [-0.3, -0.25) is 14.7 Å². The molecular formula is C38H28N8O13S. The van der Waals surface area contributed by atoms with Crippen LogP contribution < -0.4 is 15.2 Å². The summed E-state index contributed by atoms with van der Waals surface area (Å²) in [6.07, 6.45) is 0. The fraction of sp³-hybridized carbons (Fsp3) is 0.0526. The van der Waals surface area contributed by atoms with Gasteiger partial charge in [-0.05, 0) is 77.9 Å². The maximum absolute atomic E-state index is 12.7.